The van der Waals surface area contributed by atoms with Crippen LogP contribution in [0.2, 0.25) is 0 Å². The highest BCUT2D eigenvalue weighted by Crippen LogP contribution is 2.26. The van der Waals surface area contributed by atoms with Crippen LogP contribution < -0.4 is 10.2 Å². The van der Waals surface area contributed by atoms with Crippen LogP contribution in [0.5, 0.6) is 0 Å². The summed E-state index contributed by atoms with van der Waals surface area (Å²) in [5, 5.41) is 3.83. The normalized spacial score (nSPS) is 21.3. The van der Waals surface area contributed by atoms with Gasteiger partial charge < -0.3 is 10.2 Å². The van der Waals surface area contributed by atoms with E-state index in [0.29, 0.717) is 12.1 Å². The van der Waals surface area contributed by atoms with Crippen molar-refractivity contribution in [2.24, 2.45) is 0 Å². The molecule has 1 atom stereocenters. The Kier molecular flexibility index (Phi) is 3.86. The number of nitrogens with one attached hydrogen (secondary N) is 1. The van der Waals surface area contributed by atoms with Gasteiger partial charge >= 0.3 is 0 Å². The number of hydrogen-bond donors (Lipinski definition) is 1. The monoisotopic (exact) mass is 292 g/mol. The van der Waals surface area contributed by atoms with E-state index in [1.807, 2.05) is 0 Å². The summed E-state index contributed by atoms with van der Waals surface area (Å²) in [7, 11) is 0. The highest BCUT2D eigenvalue weighted by Gasteiger charge is 2.27. The Bertz CT molecular complexity index is 598. The van der Waals surface area contributed by atoms with Crippen molar-refractivity contribution in [2.75, 3.05) is 18.0 Å². The Morgan fingerprint density at radius 1 is 0.909 bits per heavy atom. The van der Waals surface area contributed by atoms with Crippen molar-refractivity contribution in [3.8, 4) is 0 Å². The molecule has 2 aromatic carbocycles. The first-order valence-electron chi connectivity index (χ1n) is 8.52. The maximum absolute atomic E-state index is 3.83. The molecule has 114 valence electrons. The van der Waals surface area contributed by atoms with Gasteiger partial charge in [-0.3, -0.25) is 0 Å². The van der Waals surface area contributed by atoms with Crippen LogP contribution >= 0.6 is 0 Å². The van der Waals surface area contributed by atoms with Gasteiger partial charge in [0.2, 0.25) is 0 Å². The smallest absolute Gasteiger partial charge is 0.0415 e. The quantitative estimate of drug-likeness (QED) is 0.929. The highest BCUT2D eigenvalue weighted by molar-refractivity contribution is 5.48. The van der Waals surface area contributed by atoms with E-state index in [9.17, 15) is 0 Å². The Morgan fingerprint density at radius 3 is 2.32 bits per heavy atom. The van der Waals surface area contributed by atoms with Crippen molar-refractivity contribution in [1.82, 2.24) is 5.32 Å². The third-order valence-electron chi connectivity index (χ3n) is 5.16. The van der Waals surface area contributed by atoms with Gasteiger partial charge in [0.1, 0.15) is 0 Å². The zero-order chi connectivity index (χ0) is 14.8. The summed E-state index contributed by atoms with van der Waals surface area (Å²) in [5.41, 5.74) is 4.44. The minimum absolute atomic E-state index is 0.621. The van der Waals surface area contributed by atoms with E-state index in [-0.39, 0.29) is 0 Å². The summed E-state index contributed by atoms with van der Waals surface area (Å²) in [6, 6.07) is 21.0. The molecule has 0 amide bonds. The van der Waals surface area contributed by atoms with Crippen molar-refractivity contribution in [1.29, 1.82) is 0 Å². The summed E-state index contributed by atoms with van der Waals surface area (Å²) >= 11 is 0. The van der Waals surface area contributed by atoms with Gasteiger partial charge in [0.05, 0.1) is 0 Å². The Hall–Kier alpha value is -1.80. The van der Waals surface area contributed by atoms with E-state index in [4.69, 9.17) is 0 Å². The summed E-state index contributed by atoms with van der Waals surface area (Å²) in [6.45, 7) is 2.30. The van der Waals surface area contributed by atoms with Crippen molar-refractivity contribution < 1.29 is 0 Å². The van der Waals surface area contributed by atoms with Gasteiger partial charge in [0, 0.05) is 30.9 Å². The second-order valence-corrected chi connectivity index (χ2v) is 6.61. The number of para-hydroxylation sites is 1. The zero-order valence-corrected chi connectivity index (χ0v) is 13.0. The van der Waals surface area contributed by atoms with Gasteiger partial charge in [-0.05, 0) is 48.9 Å². The summed E-state index contributed by atoms with van der Waals surface area (Å²) in [4.78, 5) is 2.58. The molecule has 0 unspecified atom stereocenters. The number of benzene rings is 2. The number of anilines is 1. The van der Waals surface area contributed by atoms with Gasteiger partial charge in [-0.2, -0.15) is 0 Å². The van der Waals surface area contributed by atoms with E-state index < -0.39 is 0 Å². The standard InChI is InChI=1S/C20H24N2/c1-2-9-19(10-3-1)22-12-6-11-20(22)15-21-18-13-16-7-4-5-8-17(16)14-18/h1-5,7-10,18,20-21H,6,11-15H2/t20-/m0/s1. The van der Waals surface area contributed by atoms with E-state index in [2.05, 4.69) is 64.8 Å². The first-order chi connectivity index (χ1) is 10.9. The Balaban J connectivity index is 1.36. The number of rotatable bonds is 4. The van der Waals surface area contributed by atoms with Crippen LogP contribution in [0, 0.1) is 0 Å². The molecule has 1 N–H and O–H groups in total. The summed E-state index contributed by atoms with van der Waals surface area (Å²) < 4.78 is 0. The van der Waals surface area contributed by atoms with E-state index in [1.54, 1.807) is 0 Å². The molecule has 2 aromatic rings. The molecule has 0 radical (unpaired) electrons. The van der Waals surface area contributed by atoms with Crippen LogP contribution in [-0.4, -0.2) is 25.2 Å². The molecule has 1 aliphatic heterocycles. The molecular formula is C20H24N2. The predicted octanol–water partition coefficient (Wildman–Crippen LogP) is 3.41. The minimum Gasteiger partial charge on any atom is -0.367 e. The second-order valence-electron chi connectivity index (χ2n) is 6.61. The number of nitrogens with zero attached hydrogens (tertiary/aromatic N) is 1. The maximum Gasteiger partial charge on any atom is 0.0415 e. The molecular weight excluding hydrogens is 268 g/mol. The predicted molar refractivity (Wildman–Crippen MR) is 92.5 cm³/mol. The fraction of sp³-hybridized carbons (Fsp3) is 0.400. The minimum atomic E-state index is 0.621. The molecule has 0 bridgehead atoms. The second kappa shape index (κ2) is 6.13. The molecule has 0 aromatic heterocycles. The van der Waals surface area contributed by atoms with Crippen LogP contribution in [0.15, 0.2) is 54.6 Å². The first kappa shape index (κ1) is 13.8. The largest absolute Gasteiger partial charge is 0.367 e. The fourth-order valence-corrected chi connectivity index (χ4v) is 4.01. The maximum atomic E-state index is 3.83. The molecule has 1 saturated heterocycles. The van der Waals surface area contributed by atoms with E-state index in [1.165, 1.54) is 49.0 Å². The molecule has 4 rings (SSSR count). The van der Waals surface area contributed by atoms with Crippen molar-refractivity contribution in [3.05, 3.63) is 65.7 Å². The van der Waals surface area contributed by atoms with E-state index in [0.717, 1.165) is 6.54 Å². The van der Waals surface area contributed by atoms with Crippen molar-refractivity contribution in [2.45, 2.75) is 37.8 Å². The van der Waals surface area contributed by atoms with Crippen molar-refractivity contribution in [3.63, 3.8) is 0 Å². The van der Waals surface area contributed by atoms with Gasteiger partial charge in [-0.1, -0.05) is 42.5 Å². The average molecular weight is 292 g/mol. The van der Waals surface area contributed by atoms with Crippen LogP contribution in [0.1, 0.15) is 24.0 Å². The third kappa shape index (κ3) is 2.76. The lowest BCUT2D eigenvalue weighted by Crippen LogP contribution is -2.42. The summed E-state index contributed by atoms with van der Waals surface area (Å²) in [6.07, 6.45) is 5.00. The summed E-state index contributed by atoms with van der Waals surface area (Å²) in [5.74, 6) is 0. The first-order valence-corrected chi connectivity index (χ1v) is 8.52. The zero-order valence-electron chi connectivity index (χ0n) is 13.0. The Morgan fingerprint density at radius 2 is 1.59 bits per heavy atom. The topological polar surface area (TPSA) is 15.3 Å². The van der Waals surface area contributed by atoms with Crippen LogP contribution in [-0.2, 0) is 12.8 Å². The number of hydrogen-bond acceptors (Lipinski definition) is 2. The van der Waals surface area contributed by atoms with Gasteiger partial charge in [0.25, 0.3) is 0 Å². The molecule has 0 saturated carbocycles. The Labute approximate surface area is 133 Å². The molecule has 2 aliphatic rings. The molecule has 22 heavy (non-hydrogen) atoms. The van der Waals surface area contributed by atoms with Crippen LogP contribution in [0.25, 0.3) is 0 Å². The lowest BCUT2D eigenvalue weighted by Gasteiger charge is -2.28. The molecule has 2 nitrogen and oxygen atoms in total. The molecule has 1 fully saturated rings. The van der Waals surface area contributed by atoms with Gasteiger partial charge in [-0.15, -0.1) is 0 Å². The van der Waals surface area contributed by atoms with Gasteiger partial charge in [0.15, 0.2) is 0 Å². The van der Waals surface area contributed by atoms with E-state index >= 15 is 0 Å². The molecule has 0 spiro atoms. The lowest BCUT2D eigenvalue weighted by atomic mass is 10.1. The number of fused-ring (bicyclic) bond motifs is 1. The molecule has 1 heterocycles. The molecule has 2 heteroatoms. The molecule has 1 aliphatic carbocycles. The third-order valence-corrected chi connectivity index (χ3v) is 5.16. The van der Waals surface area contributed by atoms with Crippen LogP contribution in [0.4, 0.5) is 5.69 Å². The van der Waals surface area contributed by atoms with Gasteiger partial charge in [-0.25, -0.2) is 0 Å². The SMILES string of the molecule is c1ccc(N2CCC[C@H]2CNC2Cc3ccccc3C2)cc1. The van der Waals surface area contributed by atoms with Crippen molar-refractivity contribution >= 4 is 5.69 Å². The van der Waals surface area contributed by atoms with Crippen LogP contribution in [0.3, 0.4) is 0 Å². The average Bonchev–Trinajstić information content (AvgIpc) is 3.20. The lowest BCUT2D eigenvalue weighted by molar-refractivity contribution is 0.490. The highest BCUT2D eigenvalue weighted by atomic mass is 15.2. The fourth-order valence-electron chi connectivity index (χ4n) is 4.01.